The maximum absolute atomic E-state index is 12.5. The standard InChI is InChI=1S/C21H27N3O4S2/c1-3-15-8-6-7-11-23(15)19(26)14-29-13-18(25)22-21-24(12-20(27)28-2)16-9-4-5-10-17(16)30-21/h4-5,9-10,15H,3,6-8,11-14H2,1-2H3. The van der Waals surface area contributed by atoms with E-state index >= 15 is 0 Å². The van der Waals surface area contributed by atoms with Gasteiger partial charge in [-0.2, -0.15) is 4.99 Å². The molecular formula is C21H27N3O4S2. The summed E-state index contributed by atoms with van der Waals surface area (Å²) < 4.78 is 7.40. The zero-order valence-electron chi connectivity index (χ0n) is 17.3. The van der Waals surface area contributed by atoms with Crippen molar-refractivity contribution in [2.45, 2.75) is 45.2 Å². The number of thiazole rings is 1. The fraction of sp³-hybridized carbons (Fsp3) is 0.524. The van der Waals surface area contributed by atoms with Crippen LogP contribution in [-0.2, 0) is 25.7 Å². The minimum absolute atomic E-state index is 0.00831. The zero-order chi connectivity index (χ0) is 21.5. The van der Waals surface area contributed by atoms with E-state index < -0.39 is 5.97 Å². The Morgan fingerprint density at radius 2 is 2.03 bits per heavy atom. The van der Waals surface area contributed by atoms with E-state index in [9.17, 15) is 14.4 Å². The number of hydrogen-bond acceptors (Lipinski definition) is 6. The van der Waals surface area contributed by atoms with Crippen LogP contribution in [0.5, 0.6) is 0 Å². The number of rotatable bonds is 7. The molecule has 1 unspecified atom stereocenters. The molecule has 0 saturated carbocycles. The Bertz CT molecular complexity index is 982. The summed E-state index contributed by atoms with van der Waals surface area (Å²) in [4.78, 5) is 43.4. The number of piperidine rings is 1. The molecule has 1 atom stereocenters. The molecule has 1 aromatic carbocycles. The van der Waals surface area contributed by atoms with E-state index in [4.69, 9.17) is 4.74 Å². The number of methoxy groups -OCH3 is 1. The third kappa shape index (κ3) is 5.51. The van der Waals surface area contributed by atoms with Gasteiger partial charge in [0, 0.05) is 12.6 Å². The lowest BCUT2D eigenvalue weighted by Gasteiger charge is -2.35. The minimum Gasteiger partial charge on any atom is -0.468 e. The van der Waals surface area contributed by atoms with Gasteiger partial charge in [0.05, 0.1) is 28.8 Å². The van der Waals surface area contributed by atoms with Crippen molar-refractivity contribution in [3.05, 3.63) is 29.1 Å². The molecule has 9 heteroatoms. The fourth-order valence-electron chi connectivity index (χ4n) is 3.65. The van der Waals surface area contributed by atoms with Gasteiger partial charge in [-0.25, -0.2) is 0 Å². The predicted molar refractivity (Wildman–Crippen MR) is 119 cm³/mol. The van der Waals surface area contributed by atoms with Crippen LogP contribution in [0.25, 0.3) is 10.2 Å². The van der Waals surface area contributed by atoms with E-state index in [0.717, 1.165) is 36.0 Å². The molecule has 0 spiro atoms. The molecule has 2 aromatic rings. The summed E-state index contributed by atoms with van der Waals surface area (Å²) in [6.45, 7) is 2.91. The highest BCUT2D eigenvalue weighted by molar-refractivity contribution is 8.00. The number of esters is 1. The Hall–Kier alpha value is -2.13. The number of hydrogen-bond donors (Lipinski definition) is 0. The molecule has 3 rings (SSSR count). The average Bonchev–Trinajstić information content (AvgIpc) is 3.10. The van der Waals surface area contributed by atoms with Crippen molar-refractivity contribution in [1.82, 2.24) is 9.47 Å². The van der Waals surface area contributed by atoms with Crippen molar-refractivity contribution in [3.63, 3.8) is 0 Å². The van der Waals surface area contributed by atoms with E-state index in [-0.39, 0.29) is 29.9 Å². The van der Waals surface area contributed by atoms with Gasteiger partial charge in [0.15, 0.2) is 4.80 Å². The third-order valence-corrected chi connectivity index (χ3v) is 7.15. The van der Waals surface area contributed by atoms with E-state index in [1.54, 1.807) is 4.57 Å². The fourth-order valence-corrected chi connectivity index (χ4v) is 5.38. The van der Waals surface area contributed by atoms with Crippen LogP contribution in [0.15, 0.2) is 29.3 Å². The monoisotopic (exact) mass is 449 g/mol. The Kier molecular flexibility index (Phi) is 8.09. The van der Waals surface area contributed by atoms with Crippen molar-refractivity contribution in [2.24, 2.45) is 4.99 Å². The van der Waals surface area contributed by atoms with Gasteiger partial charge in [-0.3, -0.25) is 14.4 Å². The summed E-state index contributed by atoms with van der Waals surface area (Å²) in [7, 11) is 1.33. The number of ether oxygens (including phenoxy) is 1. The van der Waals surface area contributed by atoms with E-state index in [1.165, 1.54) is 36.6 Å². The van der Waals surface area contributed by atoms with Gasteiger partial charge in [-0.1, -0.05) is 30.4 Å². The first-order valence-corrected chi connectivity index (χ1v) is 12.1. The maximum atomic E-state index is 12.5. The van der Waals surface area contributed by atoms with Crippen LogP contribution >= 0.6 is 23.1 Å². The molecule has 2 amide bonds. The summed E-state index contributed by atoms with van der Waals surface area (Å²) in [6, 6.07) is 7.91. The molecule has 0 aliphatic carbocycles. The molecule has 0 N–H and O–H groups in total. The summed E-state index contributed by atoms with van der Waals surface area (Å²) in [5, 5.41) is 0. The molecule has 1 aromatic heterocycles. The molecule has 162 valence electrons. The minimum atomic E-state index is -0.403. The van der Waals surface area contributed by atoms with Crippen LogP contribution in [0.1, 0.15) is 32.6 Å². The SMILES string of the molecule is CCC1CCCCN1C(=O)CSCC(=O)N=c1sc2ccccc2n1CC(=O)OC. The highest BCUT2D eigenvalue weighted by Gasteiger charge is 2.25. The second kappa shape index (κ2) is 10.8. The maximum Gasteiger partial charge on any atom is 0.325 e. The highest BCUT2D eigenvalue weighted by atomic mass is 32.2. The van der Waals surface area contributed by atoms with Gasteiger partial charge in [-0.05, 0) is 37.8 Å². The van der Waals surface area contributed by atoms with Gasteiger partial charge in [0.25, 0.3) is 5.91 Å². The van der Waals surface area contributed by atoms with Crippen LogP contribution in [0.2, 0.25) is 0 Å². The number of likely N-dealkylation sites (tertiary alicyclic amines) is 1. The van der Waals surface area contributed by atoms with Gasteiger partial charge in [0.1, 0.15) is 6.54 Å². The Morgan fingerprint density at radius 1 is 1.23 bits per heavy atom. The van der Waals surface area contributed by atoms with E-state index in [1.807, 2.05) is 29.2 Å². The number of carbonyl (C=O) groups excluding carboxylic acids is 3. The first-order valence-electron chi connectivity index (χ1n) is 10.1. The van der Waals surface area contributed by atoms with Crippen molar-refractivity contribution in [2.75, 3.05) is 25.2 Å². The van der Waals surface area contributed by atoms with Crippen molar-refractivity contribution >= 4 is 51.1 Å². The van der Waals surface area contributed by atoms with Crippen molar-refractivity contribution < 1.29 is 19.1 Å². The van der Waals surface area contributed by atoms with E-state index in [0.29, 0.717) is 10.8 Å². The lowest BCUT2D eigenvalue weighted by Crippen LogP contribution is -2.44. The number of thioether (sulfide) groups is 1. The van der Waals surface area contributed by atoms with Crippen LogP contribution < -0.4 is 4.80 Å². The topological polar surface area (TPSA) is 81.0 Å². The number of carbonyl (C=O) groups is 3. The quantitative estimate of drug-likeness (QED) is 0.607. The third-order valence-electron chi connectivity index (χ3n) is 5.19. The van der Waals surface area contributed by atoms with Gasteiger partial charge >= 0.3 is 5.97 Å². The lowest BCUT2D eigenvalue weighted by molar-refractivity contribution is -0.141. The van der Waals surface area contributed by atoms with Crippen molar-refractivity contribution in [3.8, 4) is 0 Å². The highest BCUT2D eigenvalue weighted by Crippen LogP contribution is 2.21. The molecule has 30 heavy (non-hydrogen) atoms. The number of para-hydroxylation sites is 1. The van der Waals surface area contributed by atoms with Gasteiger partial charge in [-0.15, -0.1) is 11.8 Å². The molecular weight excluding hydrogens is 422 g/mol. The number of benzene rings is 1. The average molecular weight is 450 g/mol. The van der Waals surface area contributed by atoms with Crippen LogP contribution in [0.3, 0.4) is 0 Å². The summed E-state index contributed by atoms with van der Waals surface area (Å²) in [5.74, 6) is -0.208. The largest absolute Gasteiger partial charge is 0.468 e. The van der Waals surface area contributed by atoms with Crippen molar-refractivity contribution in [1.29, 1.82) is 0 Å². The van der Waals surface area contributed by atoms with Gasteiger partial charge < -0.3 is 14.2 Å². The number of nitrogens with zero attached hydrogens (tertiary/aromatic N) is 3. The lowest BCUT2D eigenvalue weighted by atomic mass is 10.0. The zero-order valence-corrected chi connectivity index (χ0v) is 19.0. The molecule has 1 aliphatic heterocycles. The Labute approximate surface area is 184 Å². The first-order chi connectivity index (χ1) is 14.5. The molecule has 1 aliphatic rings. The summed E-state index contributed by atoms with van der Waals surface area (Å²) in [6.07, 6.45) is 4.25. The summed E-state index contributed by atoms with van der Waals surface area (Å²) >= 11 is 2.65. The molecule has 1 fully saturated rings. The number of fused-ring (bicyclic) bond motifs is 1. The second-order valence-corrected chi connectivity index (χ2v) is 9.15. The molecule has 0 radical (unpaired) electrons. The Balaban J connectivity index is 1.66. The van der Waals surface area contributed by atoms with Gasteiger partial charge in [0.2, 0.25) is 5.91 Å². The normalized spacial score (nSPS) is 17.3. The number of aromatic nitrogens is 1. The summed E-state index contributed by atoms with van der Waals surface area (Å²) in [5.41, 5.74) is 0.831. The molecule has 1 saturated heterocycles. The van der Waals surface area contributed by atoms with Crippen LogP contribution in [0.4, 0.5) is 0 Å². The molecule has 0 bridgehead atoms. The molecule has 7 nitrogen and oxygen atoms in total. The smallest absolute Gasteiger partial charge is 0.325 e. The molecule has 2 heterocycles. The Morgan fingerprint density at radius 3 is 2.80 bits per heavy atom. The first kappa shape index (κ1) is 22.6. The van der Waals surface area contributed by atoms with E-state index in [2.05, 4.69) is 11.9 Å². The van der Waals surface area contributed by atoms with Crippen LogP contribution in [-0.4, -0.2) is 58.5 Å². The predicted octanol–water partition coefficient (Wildman–Crippen LogP) is 2.83. The second-order valence-electron chi connectivity index (χ2n) is 7.16. The van der Waals surface area contributed by atoms with Crippen LogP contribution in [0, 0.1) is 0 Å². The number of amides is 2.